The van der Waals surface area contributed by atoms with Gasteiger partial charge in [0.1, 0.15) is 6.61 Å². The van der Waals surface area contributed by atoms with Gasteiger partial charge in [0.2, 0.25) is 0 Å². The number of anilines is 1. The molecule has 0 aliphatic carbocycles. The Kier molecular flexibility index (Phi) is 5.31. The number of hydrogen-bond donors (Lipinski definition) is 2. The first-order chi connectivity index (χ1) is 10.6. The van der Waals surface area contributed by atoms with E-state index >= 15 is 0 Å². The van der Waals surface area contributed by atoms with Crippen LogP contribution in [0.25, 0.3) is 0 Å². The molecule has 0 unspecified atom stereocenters. The van der Waals surface area contributed by atoms with Crippen LogP contribution in [0.15, 0.2) is 41.7 Å². The molecule has 8 heteroatoms. The van der Waals surface area contributed by atoms with Crippen molar-refractivity contribution in [1.82, 2.24) is 9.97 Å². The fraction of sp³-hybridized carbons (Fsp3) is 0.143. The first kappa shape index (κ1) is 15.8. The smallest absolute Gasteiger partial charge is 0.412 e. The highest BCUT2D eigenvalue weighted by Gasteiger charge is 2.16. The van der Waals surface area contributed by atoms with Crippen LogP contribution >= 0.6 is 11.8 Å². The van der Waals surface area contributed by atoms with Crippen molar-refractivity contribution in [3.8, 4) is 0 Å². The minimum Gasteiger partial charge on any atom is -0.476 e. The van der Waals surface area contributed by atoms with Crippen LogP contribution in [-0.2, 0) is 11.3 Å². The van der Waals surface area contributed by atoms with E-state index in [1.54, 1.807) is 6.26 Å². The summed E-state index contributed by atoms with van der Waals surface area (Å²) in [6.45, 7) is 0.0822. The van der Waals surface area contributed by atoms with Gasteiger partial charge in [-0.05, 0) is 11.8 Å². The van der Waals surface area contributed by atoms with E-state index in [4.69, 9.17) is 9.84 Å². The summed E-state index contributed by atoms with van der Waals surface area (Å²) in [5.41, 5.74) is 0.532. The number of aromatic carboxylic acids is 1. The van der Waals surface area contributed by atoms with E-state index in [1.165, 1.54) is 18.0 Å². The predicted octanol–water partition coefficient (Wildman–Crippen LogP) is 2.65. The van der Waals surface area contributed by atoms with Crippen LogP contribution in [0.5, 0.6) is 0 Å². The number of aromatic nitrogens is 2. The molecule has 0 atom stereocenters. The monoisotopic (exact) mass is 319 g/mol. The van der Waals surface area contributed by atoms with Crippen molar-refractivity contribution >= 4 is 29.5 Å². The van der Waals surface area contributed by atoms with Gasteiger partial charge in [-0.2, -0.15) is 0 Å². The summed E-state index contributed by atoms with van der Waals surface area (Å²) in [6, 6.07) is 9.13. The van der Waals surface area contributed by atoms with Gasteiger partial charge < -0.3 is 9.84 Å². The molecule has 114 valence electrons. The molecule has 0 saturated heterocycles. The fourth-order valence-corrected chi connectivity index (χ4v) is 1.93. The quantitative estimate of drug-likeness (QED) is 0.645. The lowest BCUT2D eigenvalue weighted by molar-refractivity contribution is 0.0690. The summed E-state index contributed by atoms with van der Waals surface area (Å²) in [7, 11) is 0. The Bertz CT molecular complexity index is 679. The van der Waals surface area contributed by atoms with Crippen molar-refractivity contribution in [3.05, 3.63) is 47.8 Å². The number of hydrogen-bond acceptors (Lipinski definition) is 6. The third-order valence-electron chi connectivity index (χ3n) is 2.60. The number of carbonyl (C=O) groups is 2. The Morgan fingerprint density at radius 3 is 2.68 bits per heavy atom. The van der Waals surface area contributed by atoms with Crippen LogP contribution in [0.2, 0.25) is 0 Å². The summed E-state index contributed by atoms with van der Waals surface area (Å²) < 4.78 is 5.02. The molecule has 0 saturated carbocycles. The zero-order valence-electron chi connectivity index (χ0n) is 11.6. The van der Waals surface area contributed by atoms with Crippen LogP contribution in [0.1, 0.15) is 16.1 Å². The molecule has 0 bridgehead atoms. The zero-order chi connectivity index (χ0) is 15.9. The molecular formula is C14H13N3O4S. The Balaban J connectivity index is 2.03. The minimum atomic E-state index is -1.25. The molecule has 7 nitrogen and oxygen atoms in total. The van der Waals surface area contributed by atoms with Gasteiger partial charge in [0.25, 0.3) is 0 Å². The molecule has 0 fully saturated rings. The second-order valence-corrected chi connectivity index (χ2v) is 4.88. The molecule has 2 aromatic rings. The number of carboxylic acids is 1. The number of carbonyl (C=O) groups excluding carboxylic acids is 1. The molecular weight excluding hydrogens is 306 g/mol. The number of rotatable bonds is 5. The van der Waals surface area contributed by atoms with E-state index < -0.39 is 12.1 Å². The molecule has 0 spiro atoms. The molecule has 2 rings (SSSR count). The van der Waals surface area contributed by atoms with Gasteiger partial charge in [-0.1, -0.05) is 42.1 Å². The summed E-state index contributed by atoms with van der Waals surface area (Å²) in [4.78, 5) is 30.7. The van der Waals surface area contributed by atoms with Crippen LogP contribution in [0.3, 0.4) is 0 Å². The molecule has 1 aromatic heterocycles. The minimum absolute atomic E-state index is 0.0108. The average Bonchev–Trinajstić information content (AvgIpc) is 2.54. The highest BCUT2D eigenvalue weighted by Crippen LogP contribution is 2.17. The standard InChI is InChI=1S/C14H13N3O4S/c1-22-13-15-7-10(11(17-13)12(18)19)16-14(20)21-8-9-5-3-2-4-6-9/h2-7H,8H2,1H3,(H,16,20)(H,18,19). The number of nitrogens with one attached hydrogen (secondary N) is 1. The molecule has 0 radical (unpaired) electrons. The van der Waals surface area contributed by atoms with Crippen molar-refractivity contribution in [2.75, 3.05) is 11.6 Å². The Morgan fingerprint density at radius 1 is 1.32 bits per heavy atom. The molecule has 1 aromatic carbocycles. The zero-order valence-corrected chi connectivity index (χ0v) is 12.5. The highest BCUT2D eigenvalue weighted by molar-refractivity contribution is 7.98. The summed E-state index contributed by atoms with van der Waals surface area (Å²) in [5.74, 6) is -1.25. The van der Waals surface area contributed by atoms with E-state index in [0.29, 0.717) is 5.16 Å². The molecule has 22 heavy (non-hydrogen) atoms. The number of thioether (sulfide) groups is 1. The maximum atomic E-state index is 11.7. The number of nitrogens with zero attached hydrogens (tertiary/aromatic N) is 2. The fourth-order valence-electron chi connectivity index (χ4n) is 1.59. The van der Waals surface area contributed by atoms with E-state index in [0.717, 1.165) is 5.56 Å². The largest absolute Gasteiger partial charge is 0.476 e. The predicted molar refractivity (Wildman–Crippen MR) is 81.0 cm³/mol. The first-order valence-corrected chi connectivity index (χ1v) is 7.44. The third-order valence-corrected chi connectivity index (χ3v) is 3.16. The van der Waals surface area contributed by atoms with Gasteiger partial charge in [-0.25, -0.2) is 19.6 Å². The van der Waals surface area contributed by atoms with Gasteiger partial charge >= 0.3 is 12.1 Å². The van der Waals surface area contributed by atoms with Crippen molar-refractivity contribution in [2.45, 2.75) is 11.8 Å². The maximum absolute atomic E-state index is 11.7. The van der Waals surface area contributed by atoms with Gasteiger partial charge in [-0.15, -0.1) is 0 Å². The average molecular weight is 319 g/mol. The van der Waals surface area contributed by atoms with Crippen LogP contribution in [0.4, 0.5) is 10.5 Å². The van der Waals surface area contributed by atoms with Crippen molar-refractivity contribution in [2.24, 2.45) is 0 Å². The lowest BCUT2D eigenvalue weighted by Gasteiger charge is -2.09. The van der Waals surface area contributed by atoms with Gasteiger partial charge in [0, 0.05) is 0 Å². The van der Waals surface area contributed by atoms with Crippen LogP contribution in [-0.4, -0.2) is 33.4 Å². The lowest BCUT2D eigenvalue weighted by Crippen LogP contribution is -2.17. The van der Waals surface area contributed by atoms with Gasteiger partial charge in [-0.3, -0.25) is 5.32 Å². The molecule has 1 heterocycles. The lowest BCUT2D eigenvalue weighted by atomic mass is 10.2. The van der Waals surface area contributed by atoms with E-state index in [-0.39, 0.29) is 18.0 Å². The van der Waals surface area contributed by atoms with Crippen LogP contribution in [0, 0.1) is 0 Å². The van der Waals surface area contributed by atoms with Crippen molar-refractivity contribution < 1.29 is 19.4 Å². The Hall–Kier alpha value is -2.61. The second kappa shape index (κ2) is 7.41. The number of amides is 1. The van der Waals surface area contributed by atoms with Crippen LogP contribution < -0.4 is 5.32 Å². The number of ether oxygens (including phenoxy) is 1. The molecule has 0 aliphatic rings. The topological polar surface area (TPSA) is 101 Å². The summed E-state index contributed by atoms with van der Waals surface area (Å²) >= 11 is 1.21. The normalized spacial score (nSPS) is 10.0. The second-order valence-electron chi connectivity index (χ2n) is 4.11. The maximum Gasteiger partial charge on any atom is 0.412 e. The first-order valence-electron chi connectivity index (χ1n) is 6.22. The Labute approximate surface area is 130 Å². The van der Waals surface area contributed by atoms with E-state index in [9.17, 15) is 9.59 Å². The van der Waals surface area contributed by atoms with Gasteiger partial charge in [0.05, 0.1) is 11.9 Å². The Morgan fingerprint density at radius 2 is 2.05 bits per heavy atom. The van der Waals surface area contributed by atoms with Crippen molar-refractivity contribution in [3.63, 3.8) is 0 Å². The highest BCUT2D eigenvalue weighted by atomic mass is 32.2. The number of benzene rings is 1. The van der Waals surface area contributed by atoms with Crippen molar-refractivity contribution in [1.29, 1.82) is 0 Å². The third kappa shape index (κ3) is 4.19. The SMILES string of the molecule is CSc1ncc(NC(=O)OCc2ccccc2)c(C(=O)O)n1. The molecule has 2 N–H and O–H groups in total. The molecule has 1 amide bonds. The number of carboxylic acid groups (broad SMARTS) is 1. The summed E-state index contributed by atoms with van der Waals surface area (Å²) in [5, 5.41) is 11.8. The van der Waals surface area contributed by atoms with Gasteiger partial charge in [0.15, 0.2) is 10.9 Å². The van der Waals surface area contributed by atoms with E-state index in [2.05, 4.69) is 15.3 Å². The summed E-state index contributed by atoms with van der Waals surface area (Å²) in [6.07, 6.45) is 2.20. The van der Waals surface area contributed by atoms with E-state index in [1.807, 2.05) is 30.3 Å². The molecule has 0 aliphatic heterocycles.